The first-order chi connectivity index (χ1) is 15.5. The van der Waals surface area contributed by atoms with Crippen LogP contribution in [-0.4, -0.2) is 57.1 Å². The number of nitrogens with one attached hydrogen (secondary N) is 1. The van der Waals surface area contributed by atoms with Crippen molar-refractivity contribution in [1.82, 2.24) is 24.9 Å². The zero-order valence-electron chi connectivity index (χ0n) is 17.3. The van der Waals surface area contributed by atoms with E-state index in [9.17, 15) is 9.59 Å². The lowest BCUT2D eigenvalue weighted by Crippen LogP contribution is -2.29. The van der Waals surface area contributed by atoms with Gasteiger partial charge in [0.1, 0.15) is 5.69 Å². The molecule has 162 valence electrons. The number of amides is 1. The Morgan fingerprint density at radius 2 is 2.00 bits per heavy atom. The van der Waals surface area contributed by atoms with Crippen molar-refractivity contribution in [3.8, 4) is 16.9 Å². The van der Waals surface area contributed by atoms with E-state index in [1.54, 1.807) is 71.4 Å². The molecule has 0 radical (unpaired) electrons. The van der Waals surface area contributed by atoms with Crippen LogP contribution in [0.15, 0.2) is 59.5 Å². The molecule has 8 nitrogen and oxygen atoms in total. The largest absolute Gasteiger partial charge is 0.380 e. The second kappa shape index (κ2) is 8.22. The molecular weight excluding hydrogens is 430 g/mol. The van der Waals surface area contributed by atoms with Crippen LogP contribution in [0.3, 0.4) is 0 Å². The van der Waals surface area contributed by atoms with Gasteiger partial charge < -0.3 is 14.6 Å². The number of likely N-dealkylation sites (tertiary alicyclic amines) is 1. The number of H-pyrrole nitrogens is 1. The maximum absolute atomic E-state index is 12.7. The highest BCUT2D eigenvalue weighted by atomic mass is 35.5. The number of benzene rings is 2. The molecule has 32 heavy (non-hydrogen) atoms. The Morgan fingerprint density at radius 1 is 1.19 bits per heavy atom. The molecule has 0 spiro atoms. The van der Waals surface area contributed by atoms with Gasteiger partial charge >= 0.3 is 0 Å². The van der Waals surface area contributed by atoms with Gasteiger partial charge in [-0.1, -0.05) is 16.8 Å². The minimum Gasteiger partial charge on any atom is -0.380 e. The summed E-state index contributed by atoms with van der Waals surface area (Å²) in [5, 5.41) is 9.70. The Bertz CT molecular complexity index is 1360. The number of aromatic nitrogens is 4. The molecule has 0 unspecified atom stereocenters. The smallest absolute Gasteiger partial charge is 0.258 e. The number of nitrogens with zero attached hydrogens (tertiary/aromatic N) is 4. The minimum absolute atomic E-state index is 0.0169. The maximum atomic E-state index is 12.7. The molecule has 0 saturated carbocycles. The normalized spacial score (nSPS) is 16.1. The fourth-order valence-corrected chi connectivity index (χ4v) is 4.11. The first-order valence-electron chi connectivity index (χ1n) is 10.2. The van der Waals surface area contributed by atoms with Gasteiger partial charge in [-0.2, -0.15) is 0 Å². The molecule has 3 heterocycles. The van der Waals surface area contributed by atoms with Gasteiger partial charge in [0, 0.05) is 41.7 Å². The molecule has 0 bridgehead atoms. The van der Waals surface area contributed by atoms with E-state index in [4.69, 9.17) is 16.3 Å². The van der Waals surface area contributed by atoms with Crippen LogP contribution in [0.1, 0.15) is 16.8 Å². The van der Waals surface area contributed by atoms with E-state index >= 15 is 0 Å². The Hall–Kier alpha value is -3.49. The third-order valence-electron chi connectivity index (χ3n) is 5.72. The van der Waals surface area contributed by atoms with E-state index in [1.165, 1.54) is 0 Å². The Balaban J connectivity index is 1.39. The van der Waals surface area contributed by atoms with Crippen LogP contribution in [0.25, 0.3) is 27.8 Å². The molecule has 1 atom stereocenters. The monoisotopic (exact) mass is 449 g/mol. The summed E-state index contributed by atoms with van der Waals surface area (Å²) >= 11 is 6.07. The molecule has 9 heteroatoms. The van der Waals surface area contributed by atoms with Gasteiger partial charge in [0.2, 0.25) is 0 Å². The van der Waals surface area contributed by atoms with Gasteiger partial charge in [-0.15, -0.1) is 5.10 Å². The predicted octanol–water partition coefficient (Wildman–Crippen LogP) is 3.29. The molecule has 4 aromatic rings. The van der Waals surface area contributed by atoms with Gasteiger partial charge in [0.05, 0.1) is 23.6 Å². The standard InChI is InChI=1S/C23H20ClN5O3/c1-32-18-8-9-28(12-18)23(31)14-2-5-17(6-3-14)29-13-21(26-27-29)19-11-15-10-16(24)4-7-20(15)25-22(19)30/h2-7,10-11,13,18H,8-9,12H2,1H3,(H,25,30)/t18-/m1/s1. The lowest BCUT2D eigenvalue weighted by Gasteiger charge is -2.16. The summed E-state index contributed by atoms with van der Waals surface area (Å²) in [5.41, 5.74) is 2.62. The third-order valence-corrected chi connectivity index (χ3v) is 5.96. The fourth-order valence-electron chi connectivity index (χ4n) is 3.93. The van der Waals surface area contributed by atoms with E-state index in [0.717, 1.165) is 17.5 Å². The molecule has 1 N–H and O–H groups in total. The van der Waals surface area contributed by atoms with Crippen molar-refractivity contribution >= 4 is 28.4 Å². The van der Waals surface area contributed by atoms with Crippen LogP contribution in [0.4, 0.5) is 0 Å². The third kappa shape index (κ3) is 3.79. The van der Waals surface area contributed by atoms with Gasteiger partial charge in [0.25, 0.3) is 11.5 Å². The van der Waals surface area contributed by atoms with Gasteiger partial charge in [0.15, 0.2) is 0 Å². The second-order valence-corrected chi connectivity index (χ2v) is 8.17. The second-order valence-electron chi connectivity index (χ2n) is 7.74. The molecule has 1 saturated heterocycles. The zero-order chi connectivity index (χ0) is 22.2. The van der Waals surface area contributed by atoms with E-state index in [2.05, 4.69) is 15.3 Å². The molecule has 1 aliphatic rings. The first kappa shape index (κ1) is 20.4. The van der Waals surface area contributed by atoms with Crippen LogP contribution in [0.2, 0.25) is 5.02 Å². The molecular formula is C23H20ClN5O3. The average Bonchev–Trinajstić information content (AvgIpc) is 3.48. The molecule has 1 aliphatic heterocycles. The first-order valence-corrected chi connectivity index (χ1v) is 10.6. The van der Waals surface area contributed by atoms with Crippen LogP contribution in [-0.2, 0) is 4.74 Å². The summed E-state index contributed by atoms with van der Waals surface area (Å²) < 4.78 is 6.91. The molecule has 1 amide bonds. The van der Waals surface area contributed by atoms with E-state index < -0.39 is 0 Å². The number of fused-ring (bicyclic) bond motifs is 1. The Labute approximate surface area is 188 Å². The summed E-state index contributed by atoms with van der Waals surface area (Å²) in [6, 6.07) is 14.2. The maximum Gasteiger partial charge on any atom is 0.258 e. The van der Waals surface area contributed by atoms with E-state index in [0.29, 0.717) is 40.4 Å². The highest BCUT2D eigenvalue weighted by Crippen LogP contribution is 2.22. The number of hydrogen-bond donors (Lipinski definition) is 1. The van der Waals surface area contributed by atoms with E-state index in [-0.39, 0.29) is 17.6 Å². The van der Waals surface area contributed by atoms with Crippen LogP contribution >= 0.6 is 11.6 Å². The molecule has 2 aromatic carbocycles. The summed E-state index contributed by atoms with van der Waals surface area (Å²) in [5.74, 6) is -0.0169. The molecule has 0 aliphatic carbocycles. The Kier molecular flexibility index (Phi) is 5.24. The van der Waals surface area contributed by atoms with Crippen molar-refractivity contribution in [2.24, 2.45) is 0 Å². The number of pyridine rings is 1. The predicted molar refractivity (Wildman–Crippen MR) is 121 cm³/mol. The zero-order valence-corrected chi connectivity index (χ0v) is 18.0. The van der Waals surface area contributed by atoms with Gasteiger partial charge in [-0.05, 0) is 55.0 Å². The van der Waals surface area contributed by atoms with Crippen molar-refractivity contribution < 1.29 is 9.53 Å². The average molecular weight is 450 g/mol. The summed E-state index contributed by atoms with van der Waals surface area (Å²) in [6.07, 6.45) is 2.63. The van der Waals surface area contributed by atoms with Crippen molar-refractivity contribution in [2.45, 2.75) is 12.5 Å². The highest BCUT2D eigenvalue weighted by Gasteiger charge is 2.26. The summed E-state index contributed by atoms with van der Waals surface area (Å²) in [7, 11) is 1.67. The van der Waals surface area contributed by atoms with Crippen molar-refractivity contribution in [2.75, 3.05) is 20.2 Å². The number of halogens is 1. The topological polar surface area (TPSA) is 93.1 Å². The fraction of sp³-hybridized carbons (Fsp3) is 0.217. The number of hydrogen-bond acceptors (Lipinski definition) is 5. The SMILES string of the molecule is CO[C@@H]1CCN(C(=O)c2ccc(-n3cc(-c4cc5cc(Cl)ccc5[nH]c4=O)nn3)cc2)C1. The summed E-state index contributed by atoms with van der Waals surface area (Å²) in [6.45, 7) is 1.30. The number of ether oxygens (including phenoxy) is 1. The number of rotatable bonds is 4. The van der Waals surface area contributed by atoms with Gasteiger partial charge in [-0.3, -0.25) is 9.59 Å². The van der Waals surface area contributed by atoms with Crippen LogP contribution in [0.5, 0.6) is 0 Å². The Morgan fingerprint density at radius 3 is 2.75 bits per heavy atom. The number of carbonyl (C=O) groups excluding carboxylic acids is 1. The van der Waals surface area contributed by atoms with Gasteiger partial charge in [-0.25, -0.2) is 4.68 Å². The number of carbonyl (C=O) groups is 1. The van der Waals surface area contributed by atoms with Crippen LogP contribution in [0, 0.1) is 0 Å². The minimum atomic E-state index is -0.257. The molecule has 2 aromatic heterocycles. The number of aromatic amines is 1. The lowest BCUT2D eigenvalue weighted by atomic mass is 10.1. The lowest BCUT2D eigenvalue weighted by molar-refractivity contribution is 0.0724. The number of methoxy groups -OCH3 is 1. The summed E-state index contributed by atoms with van der Waals surface area (Å²) in [4.78, 5) is 29.9. The quantitative estimate of drug-likeness (QED) is 0.516. The van der Waals surface area contributed by atoms with Crippen molar-refractivity contribution in [3.05, 3.63) is 75.7 Å². The molecule has 1 fully saturated rings. The van der Waals surface area contributed by atoms with E-state index in [1.807, 2.05) is 0 Å². The van der Waals surface area contributed by atoms with Crippen molar-refractivity contribution in [3.63, 3.8) is 0 Å². The van der Waals surface area contributed by atoms with Crippen molar-refractivity contribution in [1.29, 1.82) is 0 Å². The van der Waals surface area contributed by atoms with Crippen LogP contribution < -0.4 is 5.56 Å². The molecule has 5 rings (SSSR count). The highest BCUT2D eigenvalue weighted by molar-refractivity contribution is 6.31.